The third-order valence-corrected chi connectivity index (χ3v) is 9.35. The maximum Gasteiger partial charge on any atom is 0.349 e. The molecule has 0 bridgehead atoms. The number of esters is 1. The van der Waals surface area contributed by atoms with E-state index in [9.17, 15) is 18.0 Å². The Morgan fingerprint density at radius 2 is 1.66 bits per heavy atom. The van der Waals surface area contributed by atoms with Gasteiger partial charge in [-0.25, -0.2) is 18.0 Å². The Morgan fingerprint density at radius 3 is 2.24 bits per heavy atom. The van der Waals surface area contributed by atoms with Crippen molar-refractivity contribution in [3.05, 3.63) is 65.0 Å². The van der Waals surface area contributed by atoms with E-state index in [1.165, 1.54) is 61.7 Å². The Hall–Kier alpha value is -2.08. The summed E-state index contributed by atoms with van der Waals surface area (Å²) in [6.45, 7) is 2.21. The van der Waals surface area contributed by atoms with Gasteiger partial charge in [0, 0.05) is 8.80 Å². The first-order valence-corrected chi connectivity index (χ1v) is 12.9. The van der Waals surface area contributed by atoms with Gasteiger partial charge in [0.1, 0.15) is 28.8 Å². The number of hydrogen-bond acceptors (Lipinski definition) is 2. The summed E-state index contributed by atoms with van der Waals surface area (Å²) in [4.78, 5) is 12.2. The van der Waals surface area contributed by atoms with E-state index in [1.54, 1.807) is 0 Å². The van der Waals surface area contributed by atoms with Crippen molar-refractivity contribution in [3.8, 4) is 5.75 Å². The van der Waals surface area contributed by atoms with E-state index < -0.39 is 37.8 Å². The Kier molecular flexibility index (Phi) is 7.53. The van der Waals surface area contributed by atoms with Gasteiger partial charge in [0.2, 0.25) is 0 Å². The fourth-order valence-corrected chi connectivity index (χ4v) is 7.63. The Labute approximate surface area is 171 Å². The van der Waals surface area contributed by atoms with Crippen LogP contribution in [0.4, 0.5) is 13.2 Å². The maximum atomic E-state index is 14.6. The molecule has 0 unspecified atom stereocenters. The van der Waals surface area contributed by atoms with Crippen LogP contribution >= 0.6 is 0 Å². The van der Waals surface area contributed by atoms with Crippen molar-refractivity contribution in [1.82, 2.24) is 0 Å². The third-order valence-electron chi connectivity index (χ3n) is 5.83. The molecule has 1 fully saturated rings. The Balaban J connectivity index is 1.65. The van der Waals surface area contributed by atoms with Crippen molar-refractivity contribution in [3.63, 3.8) is 0 Å². The standard InChI is InChI=1S/C23H27F3O2Si/c1-2-3-4-11-29-12-9-16(10-13-29)17-14-20(25)22(21(26)15-17)23(27)28-19-7-5-18(24)6-8-19/h5-8,14-16,29H,2-4,9-13H2,1H3/t16-,29-. The SMILES string of the molecule is CCCCC[Si@H]1CC[C@H](c2cc(F)c(C(=O)Oc3ccc(F)cc3)c(F)c2)CC1. The van der Waals surface area contributed by atoms with Crippen LogP contribution in [0.15, 0.2) is 36.4 Å². The van der Waals surface area contributed by atoms with Crippen LogP contribution in [-0.2, 0) is 0 Å². The number of benzene rings is 2. The van der Waals surface area contributed by atoms with Crippen LogP contribution in [0, 0.1) is 17.5 Å². The van der Waals surface area contributed by atoms with E-state index in [0.29, 0.717) is 5.56 Å². The first-order chi connectivity index (χ1) is 14.0. The van der Waals surface area contributed by atoms with E-state index in [2.05, 4.69) is 6.92 Å². The highest BCUT2D eigenvalue weighted by molar-refractivity contribution is 6.59. The largest absolute Gasteiger partial charge is 0.423 e. The van der Waals surface area contributed by atoms with Crippen molar-refractivity contribution in [2.75, 3.05) is 0 Å². The van der Waals surface area contributed by atoms with E-state index in [-0.39, 0.29) is 11.7 Å². The molecule has 0 atom stereocenters. The van der Waals surface area contributed by atoms with E-state index in [4.69, 9.17) is 4.74 Å². The third kappa shape index (κ3) is 5.72. The van der Waals surface area contributed by atoms with Gasteiger partial charge in [-0.15, -0.1) is 0 Å². The monoisotopic (exact) mass is 420 g/mol. The van der Waals surface area contributed by atoms with Gasteiger partial charge in [-0.05, 0) is 60.7 Å². The molecular weight excluding hydrogens is 393 g/mol. The van der Waals surface area contributed by atoms with Gasteiger partial charge >= 0.3 is 5.97 Å². The molecule has 2 aromatic carbocycles. The van der Waals surface area contributed by atoms with Crippen LogP contribution in [0.2, 0.25) is 18.1 Å². The zero-order valence-electron chi connectivity index (χ0n) is 16.7. The summed E-state index contributed by atoms with van der Waals surface area (Å²) in [5, 5.41) is 0. The number of hydrogen-bond donors (Lipinski definition) is 0. The highest BCUT2D eigenvalue weighted by Gasteiger charge is 2.27. The van der Waals surface area contributed by atoms with Gasteiger partial charge in [-0.2, -0.15) is 0 Å². The molecule has 1 heterocycles. The molecule has 2 aromatic rings. The van der Waals surface area contributed by atoms with Gasteiger partial charge in [0.05, 0.1) is 0 Å². The summed E-state index contributed by atoms with van der Waals surface area (Å²) in [7, 11) is -0.702. The number of ether oxygens (including phenoxy) is 1. The molecule has 2 nitrogen and oxygen atoms in total. The molecule has 0 N–H and O–H groups in total. The first-order valence-electron chi connectivity index (χ1n) is 10.4. The summed E-state index contributed by atoms with van der Waals surface area (Å²) in [6, 6.07) is 11.0. The molecule has 1 saturated heterocycles. The molecule has 29 heavy (non-hydrogen) atoms. The molecule has 156 valence electrons. The number of carbonyl (C=O) groups is 1. The number of rotatable bonds is 7. The summed E-state index contributed by atoms with van der Waals surface area (Å²) in [5.74, 6) is -3.24. The molecule has 0 aromatic heterocycles. The van der Waals surface area contributed by atoms with Gasteiger partial charge in [0.25, 0.3) is 0 Å². The lowest BCUT2D eigenvalue weighted by molar-refractivity contribution is 0.0724. The molecule has 1 aliphatic heterocycles. The number of halogens is 3. The lowest BCUT2D eigenvalue weighted by Gasteiger charge is -2.28. The van der Waals surface area contributed by atoms with Crippen LogP contribution in [0.5, 0.6) is 5.75 Å². The van der Waals surface area contributed by atoms with Crippen LogP contribution in [0.3, 0.4) is 0 Å². The fraction of sp³-hybridized carbons (Fsp3) is 0.435. The highest BCUT2D eigenvalue weighted by atomic mass is 28.3. The lowest BCUT2D eigenvalue weighted by Crippen LogP contribution is -2.21. The molecule has 0 aliphatic carbocycles. The average Bonchev–Trinajstić information content (AvgIpc) is 2.70. The molecule has 0 radical (unpaired) electrons. The molecule has 1 aliphatic rings. The van der Waals surface area contributed by atoms with E-state index in [0.717, 1.165) is 25.0 Å². The van der Waals surface area contributed by atoms with Crippen LogP contribution in [-0.4, -0.2) is 14.8 Å². The van der Waals surface area contributed by atoms with Gasteiger partial charge in [-0.1, -0.05) is 44.3 Å². The molecule has 0 saturated carbocycles. The minimum Gasteiger partial charge on any atom is -0.423 e. The van der Waals surface area contributed by atoms with Gasteiger partial charge < -0.3 is 4.74 Å². The Bertz CT molecular complexity index is 808. The van der Waals surface area contributed by atoms with Crippen LogP contribution < -0.4 is 4.74 Å². The summed E-state index contributed by atoms with van der Waals surface area (Å²) in [5.41, 5.74) is -0.0833. The van der Waals surface area contributed by atoms with Gasteiger partial charge in [-0.3, -0.25) is 0 Å². The molecule has 6 heteroatoms. The van der Waals surface area contributed by atoms with E-state index >= 15 is 0 Å². The normalized spacial score (nSPS) is 19.2. The summed E-state index contributed by atoms with van der Waals surface area (Å²) in [6.07, 6.45) is 5.78. The molecule has 0 amide bonds. The average molecular weight is 421 g/mol. The topological polar surface area (TPSA) is 26.3 Å². The van der Waals surface area contributed by atoms with Crippen molar-refractivity contribution in [1.29, 1.82) is 0 Å². The zero-order valence-corrected chi connectivity index (χ0v) is 17.9. The number of carbonyl (C=O) groups excluding carboxylic acids is 1. The van der Waals surface area contributed by atoms with Crippen molar-refractivity contribution >= 4 is 14.8 Å². The quantitative estimate of drug-likeness (QED) is 0.218. The highest BCUT2D eigenvalue weighted by Crippen LogP contribution is 2.36. The Morgan fingerprint density at radius 1 is 1.03 bits per heavy atom. The zero-order chi connectivity index (χ0) is 20.8. The van der Waals surface area contributed by atoms with Crippen molar-refractivity contribution in [2.45, 2.75) is 63.1 Å². The summed E-state index contributed by atoms with van der Waals surface area (Å²) < 4.78 is 47.1. The second kappa shape index (κ2) is 10.1. The van der Waals surface area contributed by atoms with Crippen molar-refractivity contribution < 1.29 is 22.7 Å². The summed E-state index contributed by atoms with van der Waals surface area (Å²) >= 11 is 0. The van der Waals surface area contributed by atoms with Crippen LogP contribution in [0.1, 0.15) is 60.9 Å². The van der Waals surface area contributed by atoms with Crippen LogP contribution in [0.25, 0.3) is 0 Å². The molecule has 3 rings (SSSR count). The van der Waals surface area contributed by atoms with Gasteiger partial charge in [0.15, 0.2) is 0 Å². The predicted octanol–water partition coefficient (Wildman–Crippen LogP) is 6.62. The molecular formula is C23H27F3O2Si. The lowest BCUT2D eigenvalue weighted by atomic mass is 9.92. The molecule has 0 spiro atoms. The predicted molar refractivity (Wildman–Crippen MR) is 111 cm³/mol. The minimum atomic E-state index is -1.12. The first kappa shape index (κ1) is 21.6. The second-order valence-corrected chi connectivity index (χ2v) is 11.4. The maximum absolute atomic E-state index is 14.6. The minimum absolute atomic E-state index is 0.0330. The fourth-order valence-electron chi connectivity index (χ4n) is 4.15. The second-order valence-electron chi connectivity index (χ2n) is 7.92. The van der Waals surface area contributed by atoms with E-state index in [1.807, 2.05) is 0 Å². The smallest absolute Gasteiger partial charge is 0.349 e. The van der Waals surface area contributed by atoms with Crippen molar-refractivity contribution in [2.24, 2.45) is 0 Å². The number of unbranched alkanes of at least 4 members (excludes halogenated alkanes) is 2.